The monoisotopic (exact) mass is 380 g/mol. The van der Waals surface area contributed by atoms with E-state index in [1.54, 1.807) is 0 Å². The fraction of sp³-hybridized carbons (Fsp3) is 0.312. The Bertz CT molecular complexity index is 847. The molecule has 0 saturated carbocycles. The zero-order valence-corrected chi connectivity index (χ0v) is 15.8. The summed E-state index contributed by atoms with van der Waals surface area (Å²) < 4.78 is 22.5. The molecule has 0 fully saturated rings. The third-order valence-corrected chi connectivity index (χ3v) is 5.48. The lowest BCUT2D eigenvalue weighted by atomic mass is 10.3. The van der Waals surface area contributed by atoms with Gasteiger partial charge in [0.2, 0.25) is 15.9 Å². The normalized spacial score (nSPS) is 12.6. The number of nitrogens with zero attached hydrogens (tertiary/aromatic N) is 2. The largest absolute Gasteiger partial charge is 0.325 e. The molecule has 25 heavy (non-hydrogen) atoms. The number of carbonyl (C=O) groups excluding carboxylic acids is 1. The summed E-state index contributed by atoms with van der Waals surface area (Å²) in [6.07, 6.45) is 0.599. The summed E-state index contributed by atoms with van der Waals surface area (Å²) >= 11 is 1.30. The Hall–Kier alpha value is -1.97. The lowest BCUT2D eigenvalue weighted by molar-refractivity contribution is -0.115. The average molecular weight is 380 g/mol. The second-order valence-electron chi connectivity index (χ2n) is 5.51. The van der Waals surface area contributed by atoms with Crippen LogP contribution in [0.25, 0.3) is 0 Å². The summed E-state index contributed by atoms with van der Waals surface area (Å²) in [5.41, 5.74) is 2.20. The van der Waals surface area contributed by atoms with Gasteiger partial charge in [0.25, 0.3) is 0 Å². The average Bonchev–Trinajstić information content (AvgIpc) is 2.51. The molecule has 0 unspecified atom stereocenters. The molecule has 1 heterocycles. The Kier molecular flexibility index (Phi) is 6.15. The molecule has 7 nitrogen and oxygen atoms in total. The molecule has 9 heteroatoms. The molecule has 2 aromatic rings. The lowest BCUT2D eigenvalue weighted by Crippen LogP contribution is -2.25. The number of hydrogen-bond donors (Lipinski definition) is 2. The van der Waals surface area contributed by atoms with Crippen molar-refractivity contribution in [2.24, 2.45) is 5.14 Å². The summed E-state index contributed by atoms with van der Waals surface area (Å²) in [5.74, 6) is -0.196. The van der Waals surface area contributed by atoms with Gasteiger partial charge in [-0.3, -0.25) is 4.79 Å². The molecule has 0 saturated heterocycles. The summed E-state index contributed by atoms with van der Waals surface area (Å²) in [7, 11) is -3.75. The highest BCUT2D eigenvalue weighted by Gasteiger charge is 2.20. The van der Waals surface area contributed by atoms with Gasteiger partial charge in [-0.05, 0) is 50.6 Å². The molecule has 0 aliphatic carbocycles. The molecule has 1 amide bonds. The molecule has 134 valence electrons. The number of aromatic nitrogens is 2. The molecule has 1 aromatic heterocycles. The first kappa shape index (κ1) is 19.4. The standard InChI is InChI=1S/C16H20N4O3S2/c1-4-14(24-16-18-10(2)9-11(3)19-16)15(21)20-12-5-7-13(8-6-12)25(17,22)23/h5-9,14H,4H2,1-3H3,(H,20,21)(H2,17,22,23)/t14-/m0/s1. The van der Waals surface area contributed by atoms with E-state index in [0.29, 0.717) is 17.3 Å². The van der Waals surface area contributed by atoms with Crippen LogP contribution < -0.4 is 10.5 Å². The van der Waals surface area contributed by atoms with E-state index in [-0.39, 0.29) is 16.1 Å². The van der Waals surface area contributed by atoms with E-state index in [2.05, 4.69) is 15.3 Å². The van der Waals surface area contributed by atoms with E-state index >= 15 is 0 Å². The number of anilines is 1. The second-order valence-corrected chi connectivity index (χ2v) is 8.24. The zero-order chi connectivity index (χ0) is 18.6. The molecule has 0 bridgehead atoms. The third-order valence-electron chi connectivity index (χ3n) is 3.32. The number of nitrogens with two attached hydrogens (primary N) is 1. The molecule has 0 aliphatic heterocycles. The van der Waals surface area contributed by atoms with Gasteiger partial charge in [0.1, 0.15) is 0 Å². The molecule has 1 aromatic carbocycles. The maximum atomic E-state index is 12.5. The number of aryl methyl sites for hydroxylation is 2. The number of hydrogen-bond acceptors (Lipinski definition) is 6. The van der Waals surface area contributed by atoms with Crippen LogP contribution in [0.15, 0.2) is 40.4 Å². The highest BCUT2D eigenvalue weighted by molar-refractivity contribution is 8.00. The van der Waals surface area contributed by atoms with Crippen LogP contribution in [0.5, 0.6) is 0 Å². The second kappa shape index (κ2) is 7.94. The summed E-state index contributed by atoms with van der Waals surface area (Å²) in [4.78, 5) is 21.1. The molecule has 1 atom stereocenters. The Morgan fingerprint density at radius 2 is 1.76 bits per heavy atom. The number of sulfonamides is 1. The van der Waals surface area contributed by atoms with Gasteiger partial charge < -0.3 is 5.32 Å². The molecular formula is C16H20N4O3S2. The molecule has 0 aliphatic rings. The quantitative estimate of drug-likeness (QED) is 0.587. The minimum atomic E-state index is -3.75. The topological polar surface area (TPSA) is 115 Å². The Balaban J connectivity index is 2.09. The van der Waals surface area contributed by atoms with Crippen molar-refractivity contribution in [1.29, 1.82) is 0 Å². The van der Waals surface area contributed by atoms with E-state index in [9.17, 15) is 13.2 Å². The van der Waals surface area contributed by atoms with E-state index in [1.165, 1.54) is 36.0 Å². The number of rotatable bonds is 6. The minimum absolute atomic E-state index is 0.00412. The van der Waals surface area contributed by atoms with Crippen molar-refractivity contribution in [1.82, 2.24) is 9.97 Å². The van der Waals surface area contributed by atoms with Crippen molar-refractivity contribution in [2.75, 3.05) is 5.32 Å². The van der Waals surface area contributed by atoms with Crippen LogP contribution in [0.1, 0.15) is 24.7 Å². The molecular weight excluding hydrogens is 360 g/mol. The fourth-order valence-corrected chi connectivity index (χ4v) is 3.64. The third kappa shape index (κ3) is 5.52. The Morgan fingerprint density at radius 3 is 2.24 bits per heavy atom. The number of thioether (sulfide) groups is 1. The van der Waals surface area contributed by atoms with Gasteiger partial charge in [-0.15, -0.1) is 0 Å². The van der Waals surface area contributed by atoms with Crippen LogP contribution in [0, 0.1) is 13.8 Å². The van der Waals surface area contributed by atoms with Crippen LogP contribution >= 0.6 is 11.8 Å². The number of primary sulfonamides is 1. The van der Waals surface area contributed by atoms with Gasteiger partial charge in [-0.1, -0.05) is 18.7 Å². The lowest BCUT2D eigenvalue weighted by Gasteiger charge is -2.14. The van der Waals surface area contributed by atoms with Gasteiger partial charge in [0.05, 0.1) is 10.1 Å². The van der Waals surface area contributed by atoms with Crippen molar-refractivity contribution >= 4 is 33.4 Å². The highest BCUT2D eigenvalue weighted by Crippen LogP contribution is 2.24. The molecule has 3 N–H and O–H groups in total. The summed E-state index contributed by atoms with van der Waals surface area (Å²) in [6, 6.07) is 7.58. The molecule has 0 radical (unpaired) electrons. The minimum Gasteiger partial charge on any atom is -0.325 e. The van der Waals surface area contributed by atoms with Crippen molar-refractivity contribution < 1.29 is 13.2 Å². The van der Waals surface area contributed by atoms with E-state index in [1.807, 2.05) is 26.8 Å². The zero-order valence-electron chi connectivity index (χ0n) is 14.2. The van der Waals surface area contributed by atoms with Crippen LogP contribution in [0.3, 0.4) is 0 Å². The van der Waals surface area contributed by atoms with E-state index in [4.69, 9.17) is 5.14 Å². The first-order valence-corrected chi connectivity index (χ1v) is 10.0. The van der Waals surface area contributed by atoms with Gasteiger partial charge in [0, 0.05) is 17.1 Å². The van der Waals surface area contributed by atoms with Gasteiger partial charge >= 0.3 is 0 Å². The smallest absolute Gasteiger partial charge is 0.238 e. The van der Waals surface area contributed by atoms with Crippen LogP contribution in [-0.2, 0) is 14.8 Å². The first-order valence-electron chi connectivity index (χ1n) is 7.61. The van der Waals surface area contributed by atoms with Crippen molar-refractivity contribution in [3.63, 3.8) is 0 Å². The van der Waals surface area contributed by atoms with Crippen molar-refractivity contribution in [3.05, 3.63) is 41.7 Å². The van der Waals surface area contributed by atoms with Crippen LogP contribution in [0.2, 0.25) is 0 Å². The summed E-state index contributed by atoms with van der Waals surface area (Å²) in [6.45, 7) is 5.67. The SMILES string of the molecule is CC[C@H](Sc1nc(C)cc(C)n1)C(=O)Nc1ccc(S(N)(=O)=O)cc1. The van der Waals surface area contributed by atoms with Gasteiger partial charge in [-0.25, -0.2) is 23.5 Å². The Morgan fingerprint density at radius 1 is 1.20 bits per heavy atom. The maximum absolute atomic E-state index is 12.5. The number of carbonyl (C=O) groups is 1. The predicted molar refractivity (Wildman–Crippen MR) is 97.9 cm³/mol. The number of amides is 1. The molecule has 2 rings (SSSR count). The number of nitrogens with one attached hydrogen (secondary N) is 1. The predicted octanol–water partition coefficient (Wildman–Crippen LogP) is 2.25. The fourth-order valence-electron chi connectivity index (χ4n) is 2.15. The van der Waals surface area contributed by atoms with E-state index < -0.39 is 10.0 Å². The van der Waals surface area contributed by atoms with Gasteiger partial charge in [0.15, 0.2) is 5.16 Å². The van der Waals surface area contributed by atoms with Gasteiger partial charge in [-0.2, -0.15) is 0 Å². The Labute approximate surface area is 151 Å². The van der Waals surface area contributed by atoms with Crippen LogP contribution in [-0.4, -0.2) is 29.5 Å². The maximum Gasteiger partial charge on any atom is 0.238 e. The van der Waals surface area contributed by atoms with Crippen LogP contribution in [0.4, 0.5) is 5.69 Å². The summed E-state index contributed by atoms with van der Waals surface area (Å²) in [5, 5.41) is 8.02. The molecule has 0 spiro atoms. The van der Waals surface area contributed by atoms with Crippen molar-refractivity contribution in [2.45, 2.75) is 42.5 Å². The highest BCUT2D eigenvalue weighted by atomic mass is 32.2. The van der Waals surface area contributed by atoms with Crippen molar-refractivity contribution in [3.8, 4) is 0 Å². The number of benzene rings is 1. The first-order chi connectivity index (χ1) is 11.7. The van der Waals surface area contributed by atoms with E-state index in [0.717, 1.165) is 11.4 Å².